The number of carbonyl (C=O) groups excluding carboxylic acids is 1. The van der Waals surface area contributed by atoms with Crippen LogP contribution < -0.4 is 14.8 Å². The van der Waals surface area contributed by atoms with E-state index in [0.717, 1.165) is 20.9 Å². The molecule has 0 spiro atoms. The summed E-state index contributed by atoms with van der Waals surface area (Å²) < 4.78 is 11.1. The lowest BCUT2D eigenvalue weighted by molar-refractivity contribution is -0.118. The zero-order chi connectivity index (χ0) is 20.1. The number of carbonyl (C=O) groups is 1. The minimum absolute atomic E-state index is 0.112. The van der Waals surface area contributed by atoms with Crippen LogP contribution >= 0.6 is 11.3 Å². The Hall–Kier alpha value is -3.45. The molecule has 0 aliphatic rings. The fourth-order valence-corrected chi connectivity index (χ4v) is 3.71. The first-order valence-electron chi connectivity index (χ1n) is 9.19. The third-order valence-electron chi connectivity index (χ3n) is 4.07. The first-order valence-corrected chi connectivity index (χ1v) is 10.0. The minimum Gasteiger partial charge on any atom is -0.490 e. The molecule has 29 heavy (non-hydrogen) atoms. The lowest BCUT2D eigenvalue weighted by atomic mass is 10.2. The number of fused-ring (bicyclic) bond motifs is 1. The summed E-state index contributed by atoms with van der Waals surface area (Å²) in [7, 11) is 0. The normalized spacial score (nSPS) is 10.7. The van der Waals surface area contributed by atoms with Crippen molar-refractivity contribution >= 4 is 33.3 Å². The molecular formula is C22H19N3O3S. The summed E-state index contributed by atoms with van der Waals surface area (Å²) in [5.41, 5.74) is 2.47. The van der Waals surface area contributed by atoms with E-state index in [9.17, 15) is 4.79 Å². The second-order valence-electron chi connectivity index (χ2n) is 6.14. The molecule has 4 aromatic rings. The Morgan fingerprint density at radius 2 is 1.86 bits per heavy atom. The SMILES string of the molecule is CCOc1ccccc1OCC(=O)Nc1cccc(-c2nc3cccnc3s2)c1. The highest BCUT2D eigenvalue weighted by atomic mass is 32.1. The summed E-state index contributed by atoms with van der Waals surface area (Å²) in [6, 6.07) is 18.7. The van der Waals surface area contributed by atoms with Gasteiger partial charge in [0.25, 0.3) is 5.91 Å². The average molecular weight is 405 g/mol. The smallest absolute Gasteiger partial charge is 0.262 e. The average Bonchev–Trinajstić information content (AvgIpc) is 3.18. The zero-order valence-electron chi connectivity index (χ0n) is 15.8. The van der Waals surface area contributed by atoms with E-state index in [1.165, 1.54) is 11.3 Å². The first kappa shape index (κ1) is 18.9. The van der Waals surface area contributed by atoms with Gasteiger partial charge in [-0.2, -0.15) is 0 Å². The van der Waals surface area contributed by atoms with Crippen molar-refractivity contribution < 1.29 is 14.3 Å². The molecule has 2 aromatic carbocycles. The monoisotopic (exact) mass is 405 g/mol. The van der Waals surface area contributed by atoms with Gasteiger partial charge in [-0.3, -0.25) is 4.79 Å². The molecule has 0 saturated heterocycles. The minimum atomic E-state index is -0.251. The van der Waals surface area contributed by atoms with Gasteiger partial charge >= 0.3 is 0 Å². The van der Waals surface area contributed by atoms with E-state index in [1.54, 1.807) is 12.3 Å². The molecule has 0 aliphatic carbocycles. The molecule has 0 bridgehead atoms. The highest BCUT2D eigenvalue weighted by molar-refractivity contribution is 7.21. The number of anilines is 1. The van der Waals surface area contributed by atoms with E-state index in [4.69, 9.17) is 9.47 Å². The lowest BCUT2D eigenvalue weighted by Crippen LogP contribution is -2.20. The number of nitrogens with one attached hydrogen (secondary N) is 1. The van der Waals surface area contributed by atoms with Crippen LogP contribution in [0.3, 0.4) is 0 Å². The Kier molecular flexibility index (Phi) is 5.67. The Balaban J connectivity index is 1.43. The van der Waals surface area contributed by atoms with Crippen LogP contribution in [0.1, 0.15) is 6.92 Å². The second-order valence-corrected chi connectivity index (χ2v) is 7.12. The molecule has 6 nitrogen and oxygen atoms in total. The number of aromatic nitrogens is 2. The van der Waals surface area contributed by atoms with Crippen LogP contribution in [0.15, 0.2) is 66.9 Å². The van der Waals surface area contributed by atoms with E-state index in [0.29, 0.717) is 23.8 Å². The molecule has 146 valence electrons. The summed E-state index contributed by atoms with van der Waals surface area (Å²) in [5, 5.41) is 3.72. The molecular weight excluding hydrogens is 386 g/mol. The number of benzene rings is 2. The number of ether oxygens (including phenoxy) is 2. The number of pyridine rings is 1. The highest BCUT2D eigenvalue weighted by Gasteiger charge is 2.10. The predicted octanol–water partition coefficient (Wildman–Crippen LogP) is 4.77. The molecule has 0 atom stereocenters. The van der Waals surface area contributed by atoms with Gasteiger partial charge in [0.05, 0.1) is 6.61 Å². The number of amides is 1. The summed E-state index contributed by atoms with van der Waals surface area (Å²) in [4.78, 5) is 22.2. The van der Waals surface area contributed by atoms with E-state index < -0.39 is 0 Å². The Morgan fingerprint density at radius 3 is 2.66 bits per heavy atom. The van der Waals surface area contributed by atoms with E-state index >= 15 is 0 Å². The molecule has 2 heterocycles. The third-order valence-corrected chi connectivity index (χ3v) is 5.10. The van der Waals surface area contributed by atoms with Crippen molar-refractivity contribution in [1.82, 2.24) is 9.97 Å². The summed E-state index contributed by atoms with van der Waals surface area (Å²) in [5.74, 6) is 0.911. The summed E-state index contributed by atoms with van der Waals surface area (Å²) in [6.45, 7) is 2.32. The van der Waals surface area contributed by atoms with Crippen LogP contribution in [0.25, 0.3) is 20.9 Å². The van der Waals surface area contributed by atoms with Crippen molar-refractivity contribution in [2.45, 2.75) is 6.92 Å². The summed E-state index contributed by atoms with van der Waals surface area (Å²) >= 11 is 1.52. The van der Waals surface area contributed by atoms with Crippen molar-refractivity contribution in [3.05, 3.63) is 66.9 Å². The van der Waals surface area contributed by atoms with Gasteiger partial charge in [-0.1, -0.05) is 35.6 Å². The van der Waals surface area contributed by atoms with Gasteiger partial charge in [0.2, 0.25) is 0 Å². The molecule has 0 fully saturated rings. The van der Waals surface area contributed by atoms with Crippen molar-refractivity contribution in [1.29, 1.82) is 0 Å². The number of thiazole rings is 1. The molecule has 1 N–H and O–H groups in total. The fraction of sp³-hybridized carbons (Fsp3) is 0.136. The zero-order valence-corrected chi connectivity index (χ0v) is 16.6. The Labute approximate surface area is 172 Å². The van der Waals surface area contributed by atoms with Crippen LogP contribution in [0.4, 0.5) is 5.69 Å². The van der Waals surface area contributed by atoms with E-state index in [1.807, 2.05) is 61.5 Å². The van der Waals surface area contributed by atoms with Crippen molar-refractivity contribution in [3.63, 3.8) is 0 Å². The molecule has 2 aromatic heterocycles. The van der Waals surface area contributed by atoms with Gasteiger partial charge in [0.15, 0.2) is 18.1 Å². The van der Waals surface area contributed by atoms with Gasteiger partial charge in [0, 0.05) is 17.4 Å². The van der Waals surface area contributed by atoms with Gasteiger partial charge in [0.1, 0.15) is 15.4 Å². The molecule has 0 radical (unpaired) electrons. The lowest BCUT2D eigenvalue weighted by Gasteiger charge is -2.12. The van der Waals surface area contributed by atoms with Crippen LogP contribution in [0, 0.1) is 0 Å². The third kappa shape index (κ3) is 4.52. The largest absolute Gasteiger partial charge is 0.490 e. The maximum Gasteiger partial charge on any atom is 0.262 e. The van der Waals surface area contributed by atoms with Crippen LogP contribution in [0.5, 0.6) is 11.5 Å². The van der Waals surface area contributed by atoms with Crippen LogP contribution in [-0.4, -0.2) is 29.1 Å². The van der Waals surface area contributed by atoms with Gasteiger partial charge in [-0.15, -0.1) is 0 Å². The van der Waals surface area contributed by atoms with Gasteiger partial charge in [-0.05, 0) is 43.3 Å². The first-order chi connectivity index (χ1) is 14.2. The topological polar surface area (TPSA) is 73.3 Å². The maximum absolute atomic E-state index is 12.3. The standard InChI is InChI=1S/C22H19N3O3S/c1-2-27-18-10-3-4-11-19(18)28-14-20(26)24-16-8-5-7-15(13-16)21-25-17-9-6-12-23-22(17)29-21/h3-13H,2,14H2,1H3,(H,24,26). The van der Waals surface area contributed by atoms with E-state index in [2.05, 4.69) is 15.3 Å². The second kappa shape index (κ2) is 8.70. The van der Waals surface area contributed by atoms with Crippen LogP contribution in [0.2, 0.25) is 0 Å². The number of hydrogen-bond acceptors (Lipinski definition) is 6. The van der Waals surface area contributed by atoms with Gasteiger partial charge in [-0.25, -0.2) is 9.97 Å². The molecule has 7 heteroatoms. The molecule has 4 rings (SSSR count). The predicted molar refractivity (Wildman–Crippen MR) is 115 cm³/mol. The van der Waals surface area contributed by atoms with Crippen molar-refractivity contribution in [2.24, 2.45) is 0 Å². The summed E-state index contributed by atoms with van der Waals surface area (Å²) in [6.07, 6.45) is 1.75. The molecule has 0 aliphatic heterocycles. The number of para-hydroxylation sites is 2. The molecule has 1 amide bonds. The molecule has 0 unspecified atom stereocenters. The number of nitrogens with zero attached hydrogens (tertiary/aromatic N) is 2. The quantitative estimate of drug-likeness (QED) is 0.479. The Bertz CT molecular complexity index is 1110. The van der Waals surface area contributed by atoms with Crippen molar-refractivity contribution in [2.75, 3.05) is 18.5 Å². The fourth-order valence-electron chi connectivity index (χ4n) is 2.81. The van der Waals surface area contributed by atoms with E-state index in [-0.39, 0.29) is 12.5 Å². The highest BCUT2D eigenvalue weighted by Crippen LogP contribution is 2.30. The van der Waals surface area contributed by atoms with Crippen LogP contribution in [-0.2, 0) is 4.79 Å². The van der Waals surface area contributed by atoms with Crippen molar-refractivity contribution in [3.8, 4) is 22.1 Å². The number of hydrogen-bond donors (Lipinski definition) is 1. The molecule has 0 saturated carbocycles. The maximum atomic E-state index is 12.3. The van der Waals surface area contributed by atoms with Gasteiger partial charge < -0.3 is 14.8 Å². The number of rotatable bonds is 7. The Morgan fingerprint density at radius 1 is 1.03 bits per heavy atom.